The van der Waals surface area contributed by atoms with Crippen LogP contribution in [0.3, 0.4) is 0 Å². The van der Waals surface area contributed by atoms with Crippen LogP contribution in [0, 0.1) is 17.0 Å². The highest BCUT2D eigenvalue weighted by Gasteiger charge is 2.30. The van der Waals surface area contributed by atoms with Crippen LogP contribution in [0.5, 0.6) is 0 Å². The summed E-state index contributed by atoms with van der Waals surface area (Å²) in [6, 6.07) is 22.9. The lowest BCUT2D eigenvalue weighted by atomic mass is 9.84. The lowest BCUT2D eigenvalue weighted by Gasteiger charge is -2.24. The second-order valence-corrected chi connectivity index (χ2v) is 9.41. The Kier molecular flexibility index (Phi) is 6.32. The molecule has 35 heavy (non-hydrogen) atoms. The van der Waals surface area contributed by atoms with Crippen LogP contribution in [0.2, 0.25) is 0 Å². The number of aryl methyl sites for hydroxylation is 1. The molecule has 5 heteroatoms. The molecule has 5 nitrogen and oxygen atoms in total. The van der Waals surface area contributed by atoms with Gasteiger partial charge in [-0.2, -0.15) is 0 Å². The van der Waals surface area contributed by atoms with Crippen molar-refractivity contribution in [2.45, 2.75) is 44.9 Å². The molecule has 0 bridgehead atoms. The van der Waals surface area contributed by atoms with Crippen molar-refractivity contribution in [1.82, 2.24) is 0 Å². The molecule has 0 saturated heterocycles. The Morgan fingerprint density at radius 2 is 1.54 bits per heavy atom. The third-order valence-electron chi connectivity index (χ3n) is 6.98. The van der Waals surface area contributed by atoms with Crippen LogP contribution in [0.25, 0.3) is 11.8 Å². The third-order valence-corrected chi connectivity index (χ3v) is 6.98. The number of hydrogen-bond donors (Lipinski definition) is 0. The molecule has 0 radical (unpaired) electrons. The largest absolute Gasteiger partial charge is 0.276 e. The second kappa shape index (κ2) is 9.71. The summed E-state index contributed by atoms with van der Waals surface area (Å²) in [4.78, 5) is 25.9. The molecule has 0 spiro atoms. The highest BCUT2D eigenvalue weighted by molar-refractivity contribution is 6.23. The van der Waals surface area contributed by atoms with Gasteiger partial charge >= 0.3 is 0 Å². The average Bonchev–Trinajstić information content (AvgIpc) is 3.21. The number of carbonyl (C=O) groups is 1. The molecule has 0 unspecified atom stereocenters. The van der Waals surface area contributed by atoms with Gasteiger partial charge in [-0.3, -0.25) is 19.8 Å². The van der Waals surface area contributed by atoms with Gasteiger partial charge in [0.1, 0.15) is 0 Å². The molecule has 1 aliphatic heterocycles. The van der Waals surface area contributed by atoms with Crippen LogP contribution in [0.4, 0.5) is 11.4 Å². The van der Waals surface area contributed by atoms with Crippen LogP contribution in [-0.2, 0) is 4.79 Å². The van der Waals surface area contributed by atoms with Gasteiger partial charge in [0.2, 0.25) is 0 Å². The summed E-state index contributed by atoms with van der Waals surface area (Å²) in [6.45, 7) is 2.04. The first-order chi connectivity index (χ1) is 17.0. The maximum atomic E-state index is 13.6. The van der Waals surface area contributed by atoms with Crippen molar-refractivity contribution in [3.63, 3.8) is 0 Å². The minimum atomic E-state index is -0.425. The number of carbonyl (C=O) groups excluding carboxylic acids is 1. The Morgan fingerprint density at radius 3 is 2.17 bits per heavy atom. The monoisotopic (exact) mass is 464 g/mol. The van der Waals surface area contributed by atoms with Crippen LogP contribution in [0.15, 0.2) is 84.4 Å². The van der Waals surface area contributed by atoms with E-state index >= 15 is 0 Å². The molecule has 3 aromatic rings. The number of hydrogen-bond acceptors (Lipinski definition) is 3. The van der Waals surface area contributed by atoms with E-state index in [4.69, 9.17) is 0 Å². The van der Waals surface area contributed by atoms with E-state index in [0.29, 0.717) is 11.5 Å². The smallest absolute Gasteiger partial charge is 0.269 e. The molecule has 5 rings (SSSR count). The molecule has 3 aromatic carbocycles. The van der Waals surface area contributed by atoms with Gasteiger partial charge in [0.25, 0.3) is 11.6 Å². The van der Waals surface area contributed by atoms with E-state index in [-0.39, 0.29) is 11.6 Å². The van der Waals surface area contributed by atoms with E-state index in [9.17, 15) is 14.9 Å². The van der Waals surface area contributed by atoms with E-state index in [0.717, 1.165) is 28.1 Å². The van der Waals surface area contributed by atoms with Crippen molar-refractivity contribution >= 4 is 29.1 Å². The van der Waals surface area contributed by atoms with Crippen LogP contribution in [-0.4, -0.2) is 10.8 Å². The fraction of sp³-hybridized carbons (Fsp3) is 0.233. The van der Waals surface area contributed by atoms with Gasteiger partial charge < -0.3 is 0 Å². The number of nitrogens with zero attached hydrogens (tertiary/aromatic N) is 2. The molecular weight excluding hydrogens is 436 g/mol. The fourth-order valence-corrected chi connectivity index (χ4v) is 5.01. The molecular formula is C30H28N2O3. The molecule has 1 saturated carbocycles. The zero-order chi connectivity index (χ0) is 24.4. The molecule has 1 aliphatic carbocycles. The van der Waals surface area contributed by atoms with E-state index in [1.54, 1.807) is 23.1 Å². The van der Waals surface area contributed by atoms with Gasteiger partial charge in [0.05, 0.1) is 10.6 Å². The van der Waals surface area contributed by atoms with E-state index in [1.807, 2.05) is 37.3 Å². The van der Waals surface area contributed by atoms with Crippen LogP contribution in [0.1, 0.15) is 60.3 Å². The Bertz CT molecular complexity index is 1300. The van der Waals surface area contributed by atoms with Crippen molar-refractivity contribution < 1.29 is 9.72 Å². The zero-order valence-corrected chi connectivity index (χ0v) is 19.8. The van der Waals surface area contributed by atoms with Crippen LogP contribution < -0.4 is 4.90 Å². The number of rotatable bonds is 5. The van der Waals surface area contributed by atoms with Gasteiger partial charge in [0, 0.05) is 23.4 Å². The van der Waals surface area contributed by atoms with E-state index < -0.39 is 4.92 Å². The summed E-state index contributed by atoms with van der Waals surface area (Å²) in [5, 5.41) is 11.0. The van der Waals surface area contributed by atoms with Gasteiger partial charge in [-0.25, -0.2) is 0 Å². The standard InChI is InChI=1S/C30H28N2O3/c1-21-7-11-25(12-8-21)29-20-26(19-22-9-15-28(16-10-22)32(34)35)30(33)31(29)27-17-13-24(14-18-27)23-5-3-2-4-6-23/h7-20,23H,2-6H2,1H3/b26-19+. The summed E-state index contributed by atoms with van der Waals surface area (Å²) < 4.78 is 0. The summed E-state index contributed by atoms with van der Waals surface area (Å²) in [7, 11) is 0. The summed E-state index contributed by atoms with van der Waals surface area (Å²) in [5.74, 6) is 0.501. The maximum Gasteiger partial charge on any atom is 0.269 e. The molecule has 1 amide bonds. The Morgan fingerprint density at radius 1 is 0.886 bits per heavy atom. The van der Waals surface area contributed by atoms with Crippen molar-refractivity contribution in [1.29, 1.82) is 0 Å². The predicted molar refractivity (Wildman–Crippen MR) is 140 cm³/mol. The van der Waals surface area contributed by atoms with Gasteiger partial charge in [-0.15, -0.1) is 0 Å². The topological polar surface area (TPSA) is 63.5 Å². The Hall–Kier alpha value is -3.99. The van der Waals surface area contributed by atoms with Gasteiger partial charge in [-0.05, 0) is 78.8 Å². The highest BCUT2D eigenvalue weighted by atomic mass is 16.6. The molecule has 1 fully saturated rings. The normalized spacial score (nSPS) is 17.6. The fourth-order valence-electron chi connectivity index (χ4n) is 5.01. The van der Waals surface area contributed by atoms with Crippen molar-refractivity contribution in [2.24, 2.45) is 0 Å². The number of anilines is 1. The quantitative estimate of drug-likeness (QED) is 0.224. The molecule has 1 heterocycles. The third kappa shape index (κ3) is 4.80. The van der Waals surface area contributed by atoms with Crippen LogP contribution >= 0.6 is 0 Å². The van der Waals surface area contributed by atoms with E-state index in [2.05, 4.69) is 24.3 Å². The number of amides is 1. The lowest BCUT2D eigenvalue weighted by molar-refractivity contribution is -0.384. The van der Waals surface area contributed by atoms with Crippen molar-refractivity contribution in [3.05, 3.63) is 117 Å². The number of nitro benzene ring substituents is 1. The summed E-state index contributed by atoms with van der Waals surface area (Å²) in [5.41, 5.74) is 6.46. The molecule has 0 N–H and O–H groups in total. The average molecular weight is 465 g/mol. The predicted octanol–water partition coefficient (Wildman–Crippen LogP) is 7.42. The first-order valence-corrected chi connectivity index (χ1v) is 12.2. The number of benzene rings is 3. The maximum absolute atomic E-state index is 13.6. The molecule has 0 aromatic heterocycles. The Balaban J connectivity index is 1.50. The second-order valence-electron chi connectivity index (χ2n) is 9.41. The van der Waals surface area contributed by atoms with Crippen molar-refractivity contribution in [3.8, 4) is 0 Å². The molecule has 0 atom stereocenters. The summed E-state index contributed by atoms with van der Waals surface area (Å²) in [6.07, 6.45) is 10.1. The first-order valence-electron chi connectivity index (χ1n) is 12.2. The SMILES string of the molecule is Cc1ccc(C2=C/C(=C\c3ccc([N+](=O)[O-])cc3)C(=O)N2c2ccc(C3CCCCC3)cc2)cc1. The highest BCUT2D eigenvalue weighted by Crippen LogP contribution is 2.38. The number of non-ortho nitro benzene ring substituents is 1. The minimum Gasteiger partial charge on any atom is -0.276 e. The number of nitro groups is 1. The molecule has 176 valence electrons. The first kappa shape index (κ1) is 22.8. The molecule has 2 aliphatic rings. The zero-order valence-electron chi connectivity index (χ0n) is 19.8. The van der Waals surface area contributed by atoms with Gasteiger partial charge in [-0.1, -0.05) is 61.2 Å². The minimum absolute atomic E-state index is 0.0282. The van der Waals surface area contributed by atoms with E-state index in [1.165, 1.54) is 49.8 Å². The van der Waals surface area contributed by atoms with Crippen molar-refractivity contribution in [2.75, 3.05) is 4.90 Å². The lowest BCUT2D eigenvalue weighted by Crippen LogP contribution is -2.25. The van der Waals surface area contributed by atoms with Gasteiger partial charge in [0.15, 0.2) is 0 Å². The Labute approximate surface area is 205 Å². The summed E-state index contributed by atoms with van der Waals surface area (Å²) >= 11 is 0.